The van der Waals surface area contributed by atoms with Crippen molar-refractivity contribution in [2.24, 2.45) is 17.3 Å². The highest BCUT2D eigenvalue weighted by Gasteiger charge is 2.65. The van der Waals surface area contributed by atoms with Crippen LogP contribution in [0, 0.1) is 17.3 Å². The molecule has 0 unspecified atom stereocenters. The number of amides is 1. The number of carbonyl (C=O) groups excluding carboxylic acids is 1. The number of aliphatic hydroxyl groups excluding tert-OH is 1. The van der Waals surface area contributed by atoms with Gasteiger partial charge in [-0.15, -0.1) is 0 Å². The number of carbonyl (C=O) groups is 1. The number of aromatic nitrogens is 4. The van der Waals surface area contributed by atoms with Crippen LogP contribution in [0.15, 0.2) is 189 Å². The molecule has 1 aliphatic rings. The van der Waals surface area contributed by atoms with E-state index < -0.39 is 39.6 Å². The van der Waals surface area contributed by atoms with Gasteiger partial charge in [0.25, 0.3) is 14.2 Å². The Hall–Kier alpha value is -6.59. The lowest BCUT2D eigenvalue weighted by Crippen LogP contribution is -2.70. The minimum absolute atomic E-state index is 0.175. The second-order valence-electron chi connectivity index (χ2n) is 20.8. The summed E-state index contributed by atoms with van der Waals surface area (Å²) in [5.41, 5.74) is 2.27. The highest BCUT2D eigenvalue weighted by molar-refractivity contribution is 6.99. The van der Waals surface area contributed by atoms with Crippen LogP contribution in [0.2, 0.25) is 24.7 Å². The van der Waals surface area contributed by atoms with Crippen molar-refractivity contribution in [2.75, 3.05) is 38.9 Å². The number of hydrogen-bond acceptors (Lipinski definition) is 9. The SMILES string of the molecule is COc1ccc(C(OC[C@H]2[C@H](n3cnc4c(NC(=O)c5ccccc5)ncnc43)[C@@H](CO[Si](c3ccccc3)(c3ccccc3)C(C)(C)C)[C@@]2(CO)CO[Si](C)(C)C)(c2ccccc2)c2ccccc2)cc1. The smallest absolute Gasteiger partial charge is 0.261 e. The normalized spacial score (nSPS) is 18.4. The van der Waals surface area contributed by atoms with E-state index in [2.05, 4.69) is 140 Å². The van der Waals surface area contributed by atoms with Crippen LogP contribution in [0.5, 0.6) is 5.75 Å². The number of hydrogen-bond donors (Lipinski definition) is 2. The van der Waals surface area contributed by atoms with Gasteiger partial charge in [-0.3, -0.25) is 4.79 Å². The van der Waals surface area contributed by atoms with Gasteiger partial charge in [0.1, 0.15) is 17.7 Å². The van der Waals surface area contributed by atoms with Crippen LogP contribution < -0.4 is 20.4 Å². The van der Waals surface area contributed by atoms with Gasteiger partial charge in [0.2, 0.25) is 0 Å². The van der Waals surface area contributed by atoms with Crippen LogP contribution in [0.3, 0.4) is 0 Å². The second kappa shape index (κ2) is 20.9. The summed E-state index contributed by atoms with van der Waals surface area (Å²) in [5, 5.41) is 17.3. The summed E-state index contributed by atoms with van der Waals surface area (Å²) in [6.07, 6.45) is 3.25. The van der Waals surface area contributed by atoms with Crippen molar-refractivity contribution < 1.29 is 28.2 Å². The van der Waals surface area contributed by atoms with E-state index in [4.69, 9.17) is 28.3 Å². The highest BCUT2D eigenvalue weighted by Crippen LogP contribution is 2.61. The standard InChI is InChI=1S/C59H65N5O6Si2/c1-57(2,3)72(48-29-19-11-20-30-48,49-31-21-12-22-32-49)69-38-51-53(64-42-62-52-54(60-41-61-55(52)64)63-56(66)43-23-13-8-14-24-43)50(58(51,39-65)40-70-71(5,6)7)37-68-59(44-25-15-9-16-26-44,45-27-17-10-18-28-45)46-33-35-47(67-4)36-34-46/h8-36,41-42,50-51,53,65H,37-40H2,1-7H3,(H,60,61,63,66)/t50-,51+,53-,58-/m0/s1. The monoisotopic (exact) mass is 995 g/mol. The number of nitrogens with zero attached hydrogens (tertiary/aromatic N) is 4. The summed E-state index contributed by atoms with van der Waals surface area (Å²) < 4.78 is 30.4. The third-order valence-electron chi connectivity index (χ3n) is 14.6. The summed E-state index contributed by atoms with van der Waals surface area (Å²) >= 11 is 0. The highest BCUT2D eigenvalue weighted by atomic mass is 28.4. The fourth-order valence-corrected chi connectivity index (χ4v) is 16.2. The maximum atomic E-state index is 13.6. The first-order chi connectivity index (χ1) is 34.8. The van der Waals surface area contributed by atoms with Gasteiger partial charge < -0.3 is 33.3 Å². The van der Waals surface area contributed by atoms with E-state index in [0.29, 0.717) is 22.5 Å². The molecule has 0 aliphatic heterocycles. The second-order valence-corrected chi connectivity index (χ2v) is 29.6. The first-order valence-electron chi connectivity index (χ1n) is 24.7. The van der Waals surface area contributed by atoms with Gasteiger partial charge in [0, 0.05) is 42.1 Å². The molecule has 0 bridgehead atoms. The Kier molecular flexibility index (Phi) is 14.6. The lowest BCUT2D eigenvalue weighted by Gasteiger charge is -2.62. The van der Waals surface area contributed by atoms with E-state index in [1.165, 1.54) is 6.33 Å². The number of imidazole rings is 1. The van der Waals surface area contributed by atoms with Gasteiger partial charge in [-0.2, -0.15) is 0 Å². The summed E-state index contributed by atoms with van der Waals surface area (Å²) in [4.78, 5) is 28.0. The number of anilines is 1. The molecule has 1 fully saturated rings. The Morgan fingerprint density at radius 1 is 0.667 bits per heavy atom. The Balaban J connectivity index is 1.23. The zero-order valence-electron chi connectivity index (χ0n) is 42.2. The molecule has 0 radical (unpaired) electrons. The number of fused-ring (bicyclic) bond motifs is 1. The van der Waals surface area contributed by atoms with Crippen molar-refractivity contribution >= 4 is 49.9 Å². The molecular formula is C59H65N5O6Si2. The molecule has 1 saturated carbocycles. The molecule has 1 aliphatic carbocycles. The first kappa shape index (κ1) is 50.4. The molecule has 72 heavy (non-hydrogen) atoms. The van der Waals surface area contributed by atoms with Crippen molar-refractivity contribution in [1.82, 2.24) is 19.5 Å². The molecule has 2 N–H and O–H groups in total. The van der Waals surface area contributed by atoms with E-state index in [0.717, 1.165) is 32.8 Å². The van der Waals surface area contributed by atoms with Gasteiger partial charge in [-0.1, -0.05) is 172 Å². The topological polar surface area (TPSA) is 130 Å². The first-order valence-corrected chi connectivity index (χ1v) is 30.0. The molecule has 1 amide bonds. The van der Waals surface area contributed by atoms with Gasteiger partial charge in [0.05, 0.1) is 26.7 Å². The Labute approximate surface area is 425 Å². The summed E-state index contributed by atoms with van der Waals surface area (Å²) in [7, 11) is -3.66. The minimum Gasteiger partial charge on any atom is -0.497 e. The quantitative estimate of drug-likeness (QED) is 0.0601. The number of ether oxygens (including phenoxy) is 2. The largest absolute Gasteiger partial charge is 0.497 e. The molecule has 13 heteroatoms. The van der Waals surface area contributed by atoms with Gasteiger partial charge >= 0.3 is 0 Å². The molecule has 0 spiro atoms. The molecule has 11 nitrogen and oxygen atoms in total. The third kappa shape index (κ3) is 9.48. The average molecular weight is 996 g/mol. The number of aliphatic hydroxyl groups is 1. The van der Waals surface area contributed by atoms with Crippen molar-refractivity contribution in [2.45, 2.75) is 57.1 Å². The zero-order chi connectivity index (χ0) is 50.6. The van der Waals surface area contributed by atoms with Gasteiger partial charge in [-0.25, -0.2) is 15.0 Å². The van der Waals surface area contributed by atoms with E-state index in [9.17, 15) is 9.90 Å². The number of rotatable bonds is 19. The minimum atomic E-state index is -3.12. The van der Waals surface area contributed by atoms with E-state index >= 15 is 0 Å². The molecule has 9 rings (SSSR count). The van der Waals surface area contributed by atoms with Gasteiger partial charge in [-0.05, 0) is 76.0 Å². The Bertz CT molecular complexity index is 2970. The molecule has 0 saturated heterocycles. The lowest BCUT2D eigenvalue weighted by molar-refractivity contribution is -0.204. The average Bonchev–Trinajstić information content (AvgIpc) is 3.83. The van der Waals surface area contributed by atoms with Crippen molar-refractivity contribution in [3.05, 3.63) is 211 Å². The summed E-state index contributed by atoms with van der Waals surface area (Å²) in [6, 6.07) is 58.6. The molecule has 370 valence electrons. The third-order valence-corrected chi connectivity index (χ3v) is 20.6. The molecule has 2 aromatic heterocycles. The number of methoxy groups -OCH3 is 1. The Morgan fingerprint density at radius 2 is 1.18 bits per heavy atom. The lowest BCUT2D eigenvalue weighted by atomic mass is 9.50. The van der Waals surface area contributed by atoms with E-state index in [-0.39, 0.29) is 43.3 Å². The molecule has 2 heterocycles. The summed E-state index contributed by atoms with van der Waals surface area (Å²) in [6.45, 7) is 13.9. The number of nitrogens with one attached hydrogen (secondary N) is 1. The molecule has 6 aromatic carbocycles. The van der Waals surface area contributed by atoms with Crippen LogP contribution in [-0.2, 0) is 19.2 Å². The van der Waals surface area contributed by atoms with Crippen LogP contribution >= 0.6 is 0 Å². The molecular weight excluding hydrogens is 931 g/mol. The fraction of sp³-hybridized carbons (Fsp3) is 0.288. The predicted molar refractivity (Wildman–Crippen MR) is 290 cm³/mol. The molecule has 4 atom stereocenters. The van der Waals surface area contributed by atoms with Crippen LogP contribution in [0.25, 0.3) is 11.2 Å². The van der Waals surface area contributed by atoms with Crippen LogP contribution in [-0.4, -0.2) is 80.7 Å². The van der Waals surface area contributed by atoms with Crippen LogP contribution in [0.1, 0.15) is 53.9 Å². The van der Waals surface area contributed by atoms with Crippen molar-refractivity contribution in [3.63, 3.8) is 0 Å². The molecule has 8 aromatic rings. The summed E-state index contributed by atoms with van der Waals surface area (Å²) in [5.74, 6) is -0.0372. The maximum absolute atomic E-state index is 13.6. The Morgan fingerprint density at radius 3 is 1.69 bits per heavy atom. The van der Waals surface area contributed by atoms with Crippen LogP contribution in [0.4, 0.5) is 5.82 Å². The fourth-order valence-electron chi connectivity index (χ4n) is 10.9. The van der Waals surface area contributed by atoms with E-state index in [1.54, 1.807) is 25.6 Å². The van der Waals surface area contributed by atoms with Crippen molar-refractivity contribution in [3.8, 4) is 5.75 Å². The maximum Gasteiger partial charge on any atom is 0.261 e. The van der Waals surface area contributed by atoms with Gasteiger partial charge in [0.15, 0.2) is 25.3 Å². The number of benzene rings is 6. The predicted octanol–water partition coefficient (Wildman–Crippen LogP) is 10.3. The van der Waals surface area contributed by atoms with E-state index in [1.807, 2.05) is 78.9 Å². The van der Waals surface area contributed by atoms with Crippen molar-refractivity contribution in [1.29, 1.82) is 0 Å². The zero-order valence-corrected chi connectivity index (χ0v) is 44.2.